The molecular formula is C12H13N7O. The number of aromatic nitrogens is 6. The Morgan fingerprint density at radius 3 is 3.00 bits per heavy atom. The Kier molecular flexibility index (Phi) is 3.12. The van der Waals surface area contributed by atoms with Gasteiger partial charge in [0.1, 0.15) is 12.2 Å². The van der Waals surface area contributed by atoms with Crippen LogP contribution < -0.4 is 5.73 Å². The Hall–Kier alpha value is -2.77. The molecule has 0 saturated heterocycles. The van der Waals surface area contributed by atoms with Crippen molar-refractivity contribution < 1.29 is 4.52 Å². The molecule has 0 aliphatic rings. The zero-order chi connectivity index (χ0) is 13.9. The summed E-state index contributed by atoms with van der Waals surface area (Å²) in [6, 6.07) is 5.52. The summed E-state index contributed by atoms with van der Waals surface area (Å²) in [6.45, 7) is 2.33. The lowest BCUT2D eigenvalue weighted by molar-refractivity contribution is 0.362. The van der Waals surface area contributed by atoms with Gasteiger partial charge in [0.15, 0.2) is 5.82 Å². The van der Waals surface area contributed by atoms with E-state index in [-0.39, 0.29) is 0 Å². The van der Waals surface area contributed by atoms with Crippen molar-refractivity contribution in [1.82, 2.24) is 30.1 Å². The Balaban J connectivity index is 1.84. The molecule has 2 N–H and O–H groups in total. The van der Waals surface area contributed by atoms with Crippen molar-refractivity contribution in [3.05, 3.63) is 36.0 Å². The van der Waals surface area contributed by atoms with Gasteiger partial charge in [-0.3, -0.25) is 4.98 Å². The van der Waals surface area contributed by atoms with Crippen LogP contribution in [-0.2, 0) is 13.0 Å². The molecule has 8 heteroatoms. The van der Waals surface area contributed by atoms with Gasteiger partial charge in [0, 0.05) is 6.20 Å². The molecule has 0 atom stereocenters. The number of pyridine rings is 1. The van der Waals surface area contributed by atoms with Crippen molar-refractivity contribution in [3.8, 4) is 11.5 Å². The van der Waals surface area contributed by atoms with Gasteiger partial charge >= 0.3 is 0 Å². The fraction of sp³-hybridized carbons (Fsp3) is 0.250. The number of rotatable bonds is 4. The van der Waals surface area contributed by atoms with Gasteiger partial charge in [-0.05, 0) is 18.6 Å². The smallest absolute Gasteiger partial charge is 0.248 e. The minimum Gasteiger partial charge on any atom is -0.381 e. The van der Waals surface area contributed by atoms with Crippen LogP contribution in [0.1, 0.15) is 18.5 Å². The van der Waals surface area contributed by atoms with E-state index in [1.807, 2.05) is 25.1 Å². The summed E-state index contributed by atoms with van der Waals surface area (Å²) < 4.78 is 6.86. The molecule has 3 aromatic rings. The van der Waals surface area contributed by atoms with E-state index in [1.54, 1.807) is 10.9 Å². The first-order chi connectivity index (χ1) is 9.78. The number of hydrogen-bond acceptors (Lipinski definition) is 7. The quantitative estimate of drug-likeness (QED) is 0.751. The molecule has 0 spiro atoms. The first-order valence-corrected chi connectivity index (χ1v) is 6.19. The molecule has 0 aliphatic carbocycles. The Morgan fingerprint density at radius 1 is 1.35 bits per heavy atom. The highest BCUT2D eigenvalue weighted by Crippen LogP contribution is 2.14. The average Bonchev–Trinajstić information content (AvgIpc) is 3.08. The number of nitrogen functional groups attached to an aromatic ring is 1. The summed E-state index contributed by atoms with van der Waals surface area (Å²) in [4.78, 5) is 8.46. The van der Waals surface area contributed by atoms with E-state index in [9.17, 15) is 0 Å². The molecule has 0 radical (unpaired) electrons. The maximum atomic E-state index is 5.73. The molecule has 8 nitrogen and oxygen atoms in total. The van der Waals surface area contributed by atoms with Crippen molar-refractivity contribution in [3.63, 3.8) is 0 Å². The molecular weight excluding hydrogens is 258 g/mol. The van der Waals surface area contributed by atoms with E-state index in [1.165, 1.54) is 0 Å². The summed E-state index contributed by atoms with van der Waals surface area (Å²) in [6.07, 6.45) is 2.42. The topological polar surface area (TPSA) is 109 Å². The minimum absolute atomic E-state index is 0.340. The molecule has 20 heavy (non-hydrogen) atoms. The Bertz CT molecular complexity index is 704. The fourth-order valence-electron chi connectivity index (χ4n) is 1.88. The van der Waals surface area contributed by atoms with Crippen LogP contribution in [0, 0.1) is 0 Å². The van der Waals surface area contributed by atoms with Gasteiger partial charge in [-0.2, -0.15) is 4.98 Å². The van der Waals surface area contributed by atoms with Gasteiger partial charge in [0.05, 0.1) is 5.69 Å². The maximum absolute atomic E-state index is 5.73. The van der Waals surface area contributed by atoms with Crippen LogP contribution in [-0.4, -0.2) is 30.1 Å². The van der Waals surface area contributed by atoms with Crippen LogP contribution in [0.4, 0.5) is 5.82 Å². The summed E-state index contributed by atoms with van der Waals surface area (Å²) in [5.41, 5.74) is 7.24. The SMILES string of the molecule is CCc1c(N)nnn1Cc1nc(-c2ccccn2)no1. The zero-order valence-electron chi connectivity index (χ0n) is 10.9. The van der Waals surface area contributed by atoms with E-state index in [2.05, 4.69) is 25.4 Å². The Labute approximate surface area is 114 Å². The third kappa shape index (κ3) is 2.22. The van der Waals surface area contributed by atoms with Crippen LogP contribution >= 0.6 is 0 Å². The molecule has 0 aliphatic heterocycles. The highest BCUT2D eigenvalue weighted by atomic mass is 16.5. The lowest BCUT2D eigenvalue weighted by Crippen LogP contribution is -2.07. The first kappa shape index (κ1) is 12.3. The second-order valence-electron chi connectivity index (χ2n) is 4.16. The lowest BCUT2D eigenvalue weighted by atomic mass is 10.3. The lowest BCUT2D eigenvalue weighted by Gasteiger charge is -2.00. The second-order valence-corrected chi connectivity index (χ2v) is 4.16. The van der Waals surface area contributed by atoms with Crippen molar-refractivity contribution in [1.29, 1.82) is 0 Å². The average molecular weight is 271 g/mol. The van der Waals surface area contributed by atoms with Crippen molar-refractivity contribution in [2.75, 3.05) is 5.73 Å². The van der Waals surface area contributed by atoms with Gasteiger partial charge in [-0.1, -0.05) is 23.4 Å². The molecule has 3 rings (SSSR count). The molecule has 3 heterocycles. The van der Waals surface area contributed by atoms with E-state index in [0.29, 0.717) is 29.8 Å². The third-order valence-electron chi connectivity index (χ3n) is 2.85. The van der Waals surface area contributed by atoms with E-state index in [0.717, 1.165) is 12.1 Å². The molecule has 0 amide bonds. The van der Waals surface area contributed by atoms with Gasteiger partial charge in [0.25, 0.3) is 0 Å². The first-order valence-electron chi connectivity index (χ1n) is 6.19. The zero-order valence-corrected chi connectivity index (χ0v) is 10.9. The van der Waals surface area contributed by atoms with Crippen molar-refractivity contribution in [2.24, 2.45) is 0 Å². The molecule has 0 fully saturated rings. The summed E-state index contributed by atoms with van der Waals surface area (Å²) in [5.74, 6) is 1.31. The van der Waals surface area contributed by atoms with Gasteiger partial charge in [0.2, 0.25) is 11.7 Å². The maximum Gasteiger partial charge on any atom is 0.248 e. The number of hydrogen-bond donors (Lipinski definition) is 1. The number of anilines is 1. The predicted molar refractivity (Wildman–Crippen MR) is 70.4 cm³/mol. The molecule has 0 aromatic carbocycles. The molecule has 0 bridgehead atoms. The van der Waals surface area contributed by atoms with Crippen LogP contribution in [0.2, 0.25) is 0 Å². The van der Waals surface area contributed by atoms with Crippen LogP contribution in [0.3, 0.4) is 0 Å². The summed E-state index contributed by atoms with van der Waals surface area (Å²) >= 11 is 0. The summed E-state index contributed by atoms with van der Waals surface area (Å²) in [7, 11) is 0. The highest BCUT2D eigenvalue weighted by molar-refractivity contribution is 5.47. The van der Waals surface area contributed by atoms with Crippen molar-refractivity contribution in [2.45, 2.75) is 19.9 Å². The van der Waals surface area contributed by atoms with Crippen LogP contribution in [0.15, 0.2) is 28.9 Å². The normalized spacial score (nSPS) is 10.8. The van der Waals surface area contributed by atoms with Gasteiger partial charge in [-0.25, -0.2) is 4.68 Å². The fourth-order valence-corrected chi connectivity index (χ4v) is 1.88. The van der Waals surface area contributed by atoms with Crippen LogP contribution in [0.5, 0.6) is 0 Å². The second kappa shape index (κ2) is 5.08. The minimum atomic E-state index is 0.340. The molecule has 0 saturated carbocycles. The largest absolute Gasteiger partial charge is 0.381 e. The monoisotopic (exact) mass is 271 g/mol. The van der Waals surface area contributed by atoms with Crippen LogP contribution in [0.25, 0.3) is 11.5 Å². The van der Waals surface area contributed by atoms with Gasteiger partial charge in [-0.15, -0.1) is 5.10 Å². The molecule has 3 aromatic heterocycles. The standard InChI is InChI=1S/C12H13N7O/c1-2-9-11(13)16-18-19(9)7-10-15-12(17-20-10)8-5-3-4-6-14-8/h3-6H,2,7,13H2,1H3. The Morgan fingerprint density at radius 2 is 2.25 bits per heavy atom. The highest BCUT2D eigenvalue weighted by Gasteiger charge is 2.13. The molecule has 102 valence electrons. The molecule has 0 unspecified atom stereocenters. The van der Waals surface area contributed by atoms with E-state index < -0.39 is 0 Å². The summed E-state index contributed by atoms with van der Waals surface area (Å²) in [5, 5.41) is 11.7. The van der Waals surface area contributed by atoms with Gasteiger partial charge < -0.3 is 10.3 Å². The van der Waals surface area contributed by atoms with E-state index >= 15 is 0 Å². The third-order valence-corrected chi connectivity index (χ3v) is 2.85. The number of nitrogens with two attached hydrogens (primary N) is 1. The van der Waals surface area contributed by atoms with Crippen molar-refractivity contribution >= 4 is 5.82 Å². The number of nitrogens with zero attached hydrogens (tertiary/aromatic N) is 6. The predicted octanol–water partition coefficient (Wildman–Crippen LogP) is 0.916. The van der Waals surface area contributed by atoms with E-state index in [4.69, 9.17) is 10.3 Å².